The molecule has 3 rings (SSSR count). The van der Waals surface area contributed by atoms with Crippen LogP contribution in [-0.2, 0) is 4.74 Å². The summed E-state index contributed by atoms with van der Waals surface area (Å²) in [5, 5.41) is 3.70. The van der Waals surface area contributed by atoms with Gasteiger partial charge in [-0.2, -0.15) is 0 Å². The lowest BCUT2D eigenvalue weighted by molar-refractivity contribution is 0.0195. The lowest BCUT2D eigenvalue weighted by Crippen LogP contribution is -2.62. The molecule has 0 aromatic heterocycles. The van der Waals surface area contributed by atoms with E-state index >= 15 is 0 Å². The van der Waals surface area contributed by atoms with Crippen molar-refractivity contribution in [1.29, 1.82) is 0 Å². The number of benzene rings is 1. The molecule has 0 amide bonds. The summed E-state index contributed by atoms with van der Waals surface area (Å²) in [4.78, 5) is 2.65. The Hall–Kier alpha value is -0.900. The van der Waals surface area contributed by atoms with Gasteiger partial charge in [0.2, 0.25) is 0 Å². The summed E-state index contributed by atoms with van der Waals surface area (Å²) in [6.07, 6.45) is 1.17. The van der Waals surface area contributed by atoms with Crippen molar-refractivity contribution in [2.24, 2.45) is 0 Å². The molecule has 1 aromatic carbocycles. The van der Waals surface area contributed by atoms with E-state index in [1.807, 2.05) is 0 Å². The average Bonchev–Trinajstić information content (AvgIpc) is 2.93. The number of ether oxygens (including phenoxy) is 1. The summed E-state index contributed by atoms with van der Waals surface area (Å²) < 4.78 is 5.58. The van der Waals surface area contributed by atoms with Crippen LogP contribution in [0.15, 0.2) is 30.3 Å². The van der Waals surface area contributed by atoms with Crippen LogP contribution < -0.4 is 5.32 Å². The summed E-state index contributed by atoms with van der Waals surface area (Å²) in [7, 11) is 0. The molecule has 2 saturated heterocycles. The summed E-state index contributed by atoms with van der Waals surface area (Å²) >= 11 is 0. The number of nitrogens with one attached hydrogen (secondary N) is 1. The summed E-state index contributed by atoms with van der Waals surface area (Å²) in [5.74, 6) is 0. The first-order chi connectivity index (χ1) is 9.17. The van der Waals surface area contributed by atoms with Crippen molar-refractivity contribution in [2.45, 2.75) is 37.9 Å². The normalized spacial score (nSPS) is 31.5. The largest absolute Gasteiger partial charge is 0.380 e. The first-order valence-electron chi connectivity index (χ1n) is 7.30. The molecule has 0 saturated carbocycles. The van der Waals surface area contributed by atoms with Crippen molar-refractivity contribution < 1.29 is 4.74 Å². The standard InChI is InChI=1S/C16H24N2O/c1-16(2)12-17-15(13-6-4-3-5-7-13)10-18(16)14-8-9-19-11-14/h3-7,14-15,17H,8-12H2,1-2H3. The SMILES string of the molecule is CC1(C)CNC(c2ccccc2)CN1C1CCOC1. The second-order valence-corrected chi connectivity index (χ2v) is 6.33. The third-order valence-electron chi connectivity index (χ3n) is 4.49. The number of nitrogens with zero attached hydrogens (tertiary/aromatic N) is 1. The highest BCUT2D eigenvalue weighted by molar-refractivity contribution is 5.20. The summed E-state index contributed by atoms with van der Waals surface area (Å²) in [6, 6.07) is 11.8. The van der Waals surface area contributed by atoms with Crippen molar-refractivity contribution in [3.05, 3.63) is 35.9 Å². The Morgan fingerprint density at radius 2 is 2.05 bits per heavy atom. The van der Waals surface area contributed by atoms with Crippen molar-refractivity contribution in [2.75, 3.05) is 26.3 Å². The molecular weight excluding hydrogens is 236 g/mol. The first kappa shape index (κ1) is 13.1. The number of piperazine rings is 1. The molecule has 2 aliphatic rings. The van der Waals surface area contributed by atoms with Crippen LogP contribution in [0.25, 0.3) is 0 Å². The Labute approximate surface area is 115 Å². The van der Waals surface area contributed by atoms with Crippen LogP contribution in [0.4, 0.5) is 0 Å². The lowest BCUT2D eigenvalue weighted by Gasteiger charge is -2.49. The van der Waals surface area contributed by atoms with Gasteiger partial charge in [-0.3, -0.25) is 4.90 Å². The number of hydrogen-bond donors (Lipinski definition) is 1. The topological polar surface area (TPSA) is 24.5 Å². The summed E-state index contributed by atoms with van der Waals surface area (Å²) in [6.45, 7) is 8.58. The van der Waals surface area contributed by atoms with Crippen LogP contribution in [-0.4, -0.2) is 42.8 Å². The van der Waals surface area contributed by atoms with Gasteiger partial charge in [-0.05, 0) is 25.8 Å². The van der Waals surface area contributed by atoms with E-state index in [2.05, 4.69) is 54.4 Å². The molecule has 2 aliphatic heterocycles. The van der Waals surface area contributed by atoms with Crippen LogP contribution in [0.2, 0.25) is 0 Å². The van der Waals surface area contributed by atoms with Gasteiger partial charge >= 0.3 is 0 Å². The van der Waals surface area contributed by atoms with Crippen molar-refractivity contribution in [1.82, 2.24) is 10.2 Å². The average molecular weight is 260 g/mol. The zero-order valence-electron chi connectivity index (χ0n) is 11.9. The molecule has 0 bridgehead atoms. The molecule has 2 fully saturated rings. The van der Waals surface area contributed by atoms with Crippen LogP contribution in [0, 0.1) is 0 Å². The molecule has 1 aromatic rings. The molecule has 0 aliphatic carbocycles. The van der Waals surface area contributed by atoms with E-state index in [1.54, 1.807) is 0 Å². The van der Waals surface area contributed by atoms with Crippen molar-refractivity contribution in [3.63, 3.8) is 0 Å². The smallest absolute Gasteiger partial charge is 0.0622 e. The lowest BCUT2D eigenvalue weighted by atomic mass is 9.92. The fourth-order valence-corrected chi connectivity index (χ4v) is 3.30. The third kappa shape index (κ3) is 2.69. The maximum atomic E-state index is 5.58. The minimum atomic E-state index is 0.212. The Balaban J connectivity index is 1.77. The van der Waals surface area contributed by atoms with Gasteiger partial charge in [0.1, 0.15) is 0 Å². The maximum absolute atomic E-state index is 5.58. The monoisotopic (exact) mass is 260 g/mol. The Morgan fingerprint density at radius 1 is 1.26 bits per heavy atom. The molecular formula is C16H24N2O. The van der Waals surface area contributed by atoms with Gasteiger partial charge in [0.05, 0.1) is 6.61 Å². The van der Waals surface area contributed by atoms with Gasteiger partial charge < -0.3 is 10.1 Å². The number of rotatable bonds is 2. The minimum absolute atomic E-state index is 0.212. The van der Waals surface area contributed by atoms with E-state index in [9.17, 15) is 0 Å². The van der Waals surface area contributed by atoms with Crippen LogP contribution in [0.3, 0.4) is 0 Å². The predicted octanol–water partition coefficient (Wildman–Crippen LogP) is 2.20. The molecule has 1 N–H and O–H groups in total. The van der Waals surface area contributed by atoms with Crippen LogP contribution in [0.1, 0.15) is 31.9 Å². The fourth-order valence-electron chi connectivity index (χ4n) is 3.30. The highest BCUT2D eigenvalue weighted by Crippen LogP contribution is 2.30. The molecule has 0 radical (unpaired) electrons. The van der Waals surface area contributed by atoms with Gasteiger partial charge in [-0.25, -0.2) is 0 Å². The zero-order valence-corrected chi connectivity index (χ0v) is 11.9. The second kappa shape index (κ2) is 5.23. The first-order valence-corrected chi connectivity index (χ1v) is 7.30. The zero-order chi connectivity index (χ0) is 13.3. The Kier molecular flexibility index (Phi) is 3.61. The molecule has 2 heterocycles. The van der Waals surface area contributed by atoms with Crippen LogP contribution >= 0.6 is 0 Å². The highest BCUT2D eigenvalue weighted by Gasteiger charge is 2.39. The molecule has 19 heavy (non-hydrogen) atoms. The van der Waals surface area contributed by atoms with Gasteiger partial charge in [0.25, 0.3) is 0 Å². The molecule has 104 valence electrons. The summed E-state index contributed by atoms with van der Waals surface area (Å²) in [5.41, 5.74) is 1.60. The molecule has 2 atom stereocenters. The fraction of sp³-hybridized carbons (Fsp3) is 0.625. The van der Waals surface area contributed by atoms with Crippen LogP contribution in [0.5, 0.6) is 0 Å². The Morgan fingerprint density at radius 3 is 2.74 bits per heavy atom. The minimum Gasteiger partial charge on any atom is -0.380 e. The number of hydrogen-bond acceptors (Lipinski definition) is 3. The Bertz CT molecular complexity index is 412. The predicted molar refractivity (Wildman–Crippen MR) is 77.2 cm³/mol. The maximum Gasteiger partial charge on any atom is 0.0622 e. The highest BCUT2D eigenvalue weighted by atomic mass is 16.5. The molecule has 3 heteroatoms. The van der Waals surface area contributed by atoms with Gasteiger partial charge in [0, 0.05) is 37.3 Å². The molecule has 0 spiro atoms. The second-order valence-electron chi connectivity index (χ2n) is 6.33. The molecule has 2 unspecified atom stereocenters. The van der Waals surface area contributed by atoms with Crippen molar-refractivity contribution >= 4 is 0 Å². The quantitative estimate of drug-likeness (QED) is 0.882. The van der Waals surface area contributed by atoms with E-state index in [0.717, 1.165) is 26.3 Å². The van der Waals surface area contributed by atoms with Crippen molar-refractivity contribution in [3.8, 4) is 0 Å². The third-order valence-corrected chi connectivity index (χ3v) is 4.49. The van der Waals surface area contributed by atoms with E-state index < -0.39 is 0 Å². The van der Waals surface area contributed by atoms with Gasteiger partial charge in [0.15, 0.2) is 0 Å². The van der Waals surface area contributed by atoms with E-state index in [1.165, 1.54) is 12.0 Å². The van der Waals surface area contributed by atoms with E-state index in [0.29, 0.717) is 12.1 Å². The van der Waals surface area contributed by atoms with E-state index in [-0.39, 0.29) is 5.54 Å². The van der Waals surface area contributed by atoms with Gasteiger partial charge in [-0.15, -0.1) is 0 Å². The molecule has 3 nitrogen and oxygen atoms in total. The van der Waals surface area contributed by atoms with Gasteiger partial charge in [-0.1, -0.05) is 30.3 Å². The van der Waals surface area contributed by atoms with E-state index in [4.69, 9.17) is 4.74 Å².